The molecule has 0 atom stereocenters. The molecular weight excluding hydrogens is 184 g/mol. The molecule has 0 aliphatic rings. The van der Waals surface area contributed by atoms with Crippen LogP contribution in [0.4, 0.5) is 0 Å². The Morgan fingerprint density at radius 1 is 1.43 bits per heavy atom. The van der Waals surface area contributed by atoms with Crippen molar-refractivity contribution in [1.82, 2.24) is 0 Å². The third-order valence-corrected chi connectivity index (χ3v) is 1.93. The lowest BCUT2D eigenvalue weighted by Gasteiger charge is -1.89. The number of carboxylic acid groups (broad SMARTS) is 1. The molecule has 14 heavy (non-hydrogen) atoms. The van der Waals surface area contributed by atoms with E-state index in [9.17, 15) is 9.59 Å². The van der Waals surface area contributed by atoms with Gasteiger partial charge in [0, 0.05) is 17.0 Å². The van der Waals surface area contributed by atoms with E-state index in [4.69, 9.17) is 9.52 Å². The van der Waals surface area contributed by atoms with Gasteiger partial charge >= 0.3 is 5.97 Å². The predicted octanol–water partition coefficient (Wildman–Crippen LogP) is 1.94. The lowest BCUT2D eigenvalue weighted by Crippen LogP contribution is -1.91. The minimum Gasteiger partial charge on any atom is -0.475 e. The fourth-order valence-corrected chi connectivity index (χ4v) is 1.29. The van der Waals surface area contributed by atoms with Crippen LogP contribution < -0.4 is 0 Å². The molecule has 0 unspecified atom stereocenters. The molecule has 0 fully saturated rings. The fourth-order valence-electron chi connectivity index (χ4n) is 1.29. The van der Waals surface area contributed by atoms with Crippen molar-refractivity contribution in [3.8, 4) is 0 Å². The number of benzene rings is 1. The zero-order valence-corrected chi connectivity index (χ0v) is 7.06. The molecule has 1 heterocycles. The van der Waals surface area contributed by atoms with Crippen LogP contribution in [0.25, 0.3) is 11.0 Å². The minimum atomic E-state index is -1.14. The first-order valence-electron chi connectivity index (χ1n) is 3.93. The number of carbonyl (C=O) groups excluding carboxylic acids is 1. The normalized spacial score (nSPS) is 10.3. The molecule has 0 aliphatic carbocycles. The lowest BCUT2D eigenvalue weighted by atomic mass is 10.1. The Labute approximate surface area is 78.8 Å². The van der Waals surface area contributed by atoms with E-state index in [0.29, 0.717) is 22.8 Å². The van der Waals surface area contributed by atoms with Crippen molar-refractivity contribution in [3.63, 3.8) is 0 Å². The maximum Gasteiger partial charge on any atom is 0.371 e. The summed E-state index contributed by atoms with van der Waals surface area (Å²) < 4.78 is 5.01. The van der Waals surface area contributed by atoms with E-state index >= 15 is 0 Å². The summed E-state index contributed by atoms with van der Waals surface area (Å²) in [6.07, 6.45) is 0.670. The summed E-state index contributed by atoms with van der Waals surface area (Å²) in [7, 11) is 0. The first-order chi connectivity index (χ1) is 6.72. The molecule has 0 amide bonds. The second-order valence-corrected chi connectivity index (χ2v) is 2.79. The maximum atomic E-state index is 10.6. The Morgan fingerprint density at radius 2 is 2.21 bits per heavy atom. The number of rotatable bonds is 2. The van der Waals surface area contributed by atoms with Gasteiger partial charge in [-0.15, -0.1) is 0 Å². The fraction of sp³-hybridized carbons (Fsp3) is 0. The molecular formula is C10H6O4. The van der Waals surface area contributed by atoms with E-state index in [1.165, 1.54) is 6.07 Å². The van der Waals surface area contributed by atoms with Crippen LogP contribution in [0.3, 0.4) is 0 Å². The van der Waals surface area contributed by atoms with E-state index in [1.54, 1.807) is 18.2 Å². The molecule has 2 aromatic rings. The molecule has 0 radical (unpaired) electrons. The summed E-state index contributed by atoms with van der Waals surface area (Å²) in [5.74, 6) is -1.30. The summed E-state index contributed by atoms with van der Waals surface area (Å²) >= 11 is 0. The summed E-state index contributed by atoms with van der Waals surface area (Å²) in [5, 5.41) is 9.20. The summed E-state index contributed by atoms with van der Waals surface area (Å²) in [4.78, 5) is 21.2. The second kappa shape index (κ2) is 2.99. The Kier molecular flexibility index (Phi) is 1.81. The van der Waals surface area contributed by atoms with E-state index in [1.807, 2.05) is 0 Å². The third-order valence-electron chi connectivity index (χ3n) is 1.93. The Bertz CT molecular complexity index is 510. The van der Waals surface area contributed by atoms with Gasteiger partial charge in [-0.1, -0.05) is 12.1 Å². The number of furan rings is 1. The van der Waals surface area contributed by atoms with Crippen molar-refractivity contribution < 1.29 is 19.1 Å². The minimum absolute atomic E-state index is 0.158. The number of aromatic carboxylic acids is 1. The second-order valence-electron chi connectivity index (χ2n) is 2.79. The van der Waals surface area contributed by atoms with Crippen LogP contribution in [0.5, 0.6) is 0 Å². The number of fused-ring (bicyclic) bond motifs is 1. The molecule has 0 spiro atoms. The van der Waals surface area contributed by atoms with Crippen molar-refractivity contribution in [1.29, 1.82) is 0 Å². The van der Waals surface area contributed by atoms with Crippen molar-refractivity contribution in [2.75, 3.05) is 0 Å². The smallest absolute Gasteiger partial charge is 0.371 e. The highest BCUT2D eigenvalue weighted by Gasteiger charge is 2.11. The average Bonchev–Trinajstić information content (AvgIpc) is 2.60. The molecule has 1 N–H and O–H groups in total. The summed E-state index contributed by atoms with van der Waals surface area (Å²) in [6, 6.07) is 6.22. The van der Waals surface area contributed by atoms with Crippen LogP contribution in [0.15, 0.2) is 28.7 Å². The number of carboxylic acids is 1. The van der Waals surface area contributed by atoms with Gasteiger partial charge in [-0.3, -0.25) is 4.79 Å². The molecule has 1 aromatic heterocycles. The van der Waals surface area contributed by atoms with Crippen LogP contribution in [0.1, 0.15) is 20.9 Å². The monoisotopic (exact) mass is 190 g/mol. The first-order valence-corrected chi connectivity index (χ1v) is 3.93. The number of aldehydes is 1. The van der Waals surface area contributed by atoms with Crippen molar-refractivity contribution in [2.24, 2.45) is 0 Å². The van der Waals surface area contributed by atoms with Gasteiger partial charge in [0.15, 0.2) is 6.29 Å². The van der Waals surface area contributed by atoms with Crippen LogP contribution in [-0.2, 0) is 0 Å². The summed E-state index contributed by atoms with van der Waals surface area (Å²) in [6.45, 7) is 0. The van der Waals surface area contributed by atoms with E-state index < -0.39 is 5.97 Å². The van der Waals surface area contributed by atoms with Gasteiger partial charge in [0.25, 0.3) is 0 Å². The summed E-state index contributed by atoms with van der Waals surface area (Å²) in [5.41, 5.74) is 0.839. The van der Waals surface area contributed by atoms with E-state index in [-0.39, 0.29) is 5.76 Å². The quantitative estimate of drug-likeness (QED) is 0.735. The molecule has 0 saturated carbocycles. The van der Waals surface area contributed by atoms with Crippen LogP contribution in [0, 0.1) is 0 Å². The van der Waals surface area contributed by atoms with Gasteiger partial charge in [0.2, 0.25) is 5.76 Å². The van der Waals surface area contributed by atoms with Crippen LogP contribution in [-0.4, -0.2) is 17.4 Å². The van der Waals surface area contributed by atoms with Crippen molar-refractivity contribution >= 4 is 23.2 Å². The zero-order valence-electron chi connectivity index (χ0n) is 7.06. The topological polar surface area (TPSA) is 67.5 Å². The van der Waals surface area contributed by atoms with Gasteiger partial charge in [0.05, 0.1) is 0 Å². The van der Waals surface area contributed by atoms with E-state index in [2.05, 4.69) is 0 Å². The van der Waals surface area contributed by atoms with Crippen molar-refractivity contribution in [2.45, 2.75) is 0 Å². The average molecular weight is 190 g/mol. The van der Waals surface area contributed by atoms with Crippen LogP contribution in [0.2, 0.25) is 0 Å². The van der Waals surface area contributed by atoms with Crippen LogP contribution >= 0.6 is 0 Å². The lowest BCUT2D eigenvalue weighted by molar-refractivity contribution is 0.0665. The van der Waals surface area contributed by atoms with Gasteiger partial charge in [-0.05, 0) is 6.07 Å². The molecule has 0 aliphatic heterocycles. The predicted molar refractivity (Wildman–Crippen MR) is 48.6 cm³/mol. The first kappa shape index (κ1) is 8.50. The molecule has 0 saturated heterocycles. The van der Waals surface area contributed by atoms with Gasteiger partial charge in [-0.2, -0.15) is 0 Å². The molecule has 0 bridgehead atoms. The molecule has 4 nitrogen and oxygen atoms in total. The standard InChI is InChI=1S/C10H6O4/c11-5-6-2-1-3-8-7(6)4-9(14-8)10(12)13/h1-5H,(H,12,13). The third kappa shape index (κ3) is 1.17. The Morgan fingerprint density at radius 3 is 2.86 bits per heavy atom. The van der Waals surface area contributed by atoms with Gasteiger partial charge < -0.3 is 9.52 Å². The molecule has 2 rings (SSSR count). The highest BCUT2D eigenvalue weighted by molar-refractivity contribution is 5.99. The molecule has 70 valence electrons. The van der Waals surface area contributed by atoms with E-state index in [0.717, 1.165) is 0 Å². The number of hydrogen-bond acceptors (Lipinski definition) is 3. The van der Waals surface area contributed by atoms with Gasteiger partial charge in [0.1, 0.15) is 5.58 Å². The van der Waals surface area contributed by atoms with Crippen molar-refractivity contribution in [3.05, 3.63) is 35.6 Å². The van der Waals surface area contributed by atoms with Gasteiger partial charge in [-0.25, -0.2) is 4.79 Å². The molecule has 1 aromatic carbocycles. The highest BCUT2D eigenvalue weighted by atomic mass is 16.4. The highest BCUT2D eigenvalue weighted by Crippen LogP contribution is 2.21. The number of hydrogen-bond donors (Lipinski definition) is 1. The number of carbonyl (C=O) groups is 2. The maximum absolute atomic E-state index is 10.6. The largest absolute Gasteiger partial charge is 0.475 e. The Balaban J connectivity index is 2.76. The Hall–Kier alpha value is -2.10. The zero-order chi connectivity index (χ0) is 10.1. The SMILES string of the molecule is O=Cc1cccc2oc(C(=O)O)cc12. The molecule has 4 heteroatoms.